The van der Waals surface area contributed by atoms with E-state index in [4.69, 9.17) is 14.2 Å². The molecule has 0 spiro atoms. The molecule has 1 aliphatic heterocycles. The molecule has 1 atom stereocenters. The van der Waals surface area contributed by atoms with Crippen LogP contribution in [0, 0.1) is 0 Å². The number of ether oxygens (including phenoxy) is 3. The van der Waals surface area contributed by atoms with Crippen molar-refractivity contribution in [2.75, 3.05) is 20.8 Å². The van der Waals surface area contributed by atoms with E-state index in [0.29, 0.717) is 17.1 Å². The molecule has 1 saturated heterocycles. The van der Waals surface area contributed by atoms with Gasteiger partial charge in [-0.15, -0.1) is 0 Å². The predicted molar refractivity (Wildman–Crippen MR) is 93.0 cm³/mol. The summed E-state index contributed by atoms with van der Waals surface area (Å²) in [5.41, 5.74) is -1.51. The van der Waals surface area contributed by atoms with Crippen molar-refractivity contribution in [3.63, 3.8) is 0 Å². The monoisotopic (exact) mass is 364 g/mol. The molecule has 0 bridgehead atoms. The van der Waals surface area contributed by atoms with Crippen molar-refractivity contribution in [2.24, 2.45) is 0 Å². The molecule has 2 rings (SSSR count). The Hall–Kier alpha value is -2.77. The van der Waals surface area contributed by atoms with E-state index < -0.39 is 35.6 Å². The molecule has 26 heavy (non-hydrogen) atoms. The van der Waals surface area contributed by atoms with Crippen LogP contribution in [0.15, 0.2) is 18.2 Å². The number of carbonyl (C=O) groups excluding carboxylic acids is 3. The molecular weight excluding hydrogens is 340 g/mol. The van der Waals surface area contributed by atoms with Crippen molar-refractivity contribution >= 4 is 17.9 Å². The second-order valence-electron chi connectivity index (χ2n) is 7.10. The number of methoxy groups -OCH3 is 2. The summed E-state index contributed by atoms with van der Waals surface area (Å²) < 4.78 is 15.6. The van der Waals surface area contributed by atoms with Crippen molar-refractivity contribution in [1.82, 2.24) is 10.2 Å². The van der Waals surface area contributed by atoms with Gasteiger partial charge in [-0.05, 0) is 45.4 Å². The lowest BCUT2D eigenvalue weighted by Gasteiger charge is -2.24. The summed E-state index contributed by atoms with van der Waals surface area (Å²) in [6.45, 7) is 6.26. The Morgan fingerprint density at radius 3 is 2.31 bits per heavy atom. The van der Waals surface area contributed by atoms with Gasteiger partial charge >= 0.3 is 12.0 Å². The number of carbonyl (C=O) groups is 3. The fourth-order valence-corrected chi connectivity index (χ4v) is 2.69. The van der Waals surface area contributed by atoms with E-state index in [0.717, 1.165) is 4.90 Å². The summed E-state index contributed by atoms with van der Waals surface area (Å²) in [4.78, 5) is 38.0. The van der Waals surface area contributed by atoms with Gasteiger partial charge in [0.15, 0.2) is 11.5 Å². The number of rotatable bonds is 5. The zero-order chi connectivity index (χ0) is 19.7. The van der Waals surface area contributed by atoms with Gasteiger partial charge < -0.3 is 19.5 Å². The standard InChI is InChI=1S/C18H24N2O6/c1-17(2,3)26-14(21)10-20-15(22)18(4,19-16(20)23)11-7-8-12(24-5)13(9-11)25-6/h7-9H,10H2,1-6H3,(H,19,23). The highest BCUT2D eigenvalue weighted by Gasteiger charge is 2.50. The third kappa shape index (κ3) is 3.74. The van der Waals surface area contributed by atoms with E-state index in [-0.39, 0.29) is 0 Å². The normalized spacial score (nSPS) is 20.0. The molecule has 1 aromatic carbocycles. The minimum absolute atomic E-state index is 0.430. The number of imide groups is 1. The van der Waals surface area contributed by atoms with E-state index in [9.17, 15) is 14.4 Å². The number of urea groups is 1. The highest BCUT2D eigenvalue weighted by Crippen LogP contribution is 2.35. The topological polar surface area (TPSA) is 94.2 Å². The van der Waals surface area contributed by atoms with Crippen LogP contribution in [0.3, 0.4) is 0 Å². The molecule has 1 unspecified atom stereocenters. The minimum atomic E-state index is -1.32. The van der Waals surface area contributed by atoms with Crippen LogP contribution in [0.4, 0.5) is 4.79 Å². The number of amides is 3. The van der Waals surface area contributed by atoms with E-state index in [1.54, 1.807) is 45.9 Å². The van der Waals surface area contributed by atoms with E-state index in [1.807, 2.05) is 0 Å². The maximum Gasteiger partial charge on any atom is 0.326 e. The van der Waals surface area contributed by atoms with Gasteiger partial charge in [0, 0.05) is 0 Å². The lowest BCUT2D eigenvalue weighted by atomic mass is 9.91. The van der Waals surface area contributed by atoms with Gasteiger partial charge in [-0.3, -0.25) is 14.5 Å². The van der Waals surface area contributed by atoms with Crippen molar-refractivity contribution in [3.8, 4) is 11.5 Å². The van der Waals surface area contributed by atoms with Crippen LogP contribution in [-0.2, 0) is 19.9 Å². The number of nitrogens with one attached hydrogen (secondary N) is 1. The third-order valence-electron chi connectivity index (χ3n) is 3.94. The minimum Gasteiger partial charge on any atom is -0.493 e. The van der Waals surface area contributed by atoms with Gasteiger partial charge in [0.25, 0.3) is 5.91 Å². The zero-order valence-electron chi connectivity index (χ0n) is 15.8. The van der Waals surface area contributed by atoms with E-state index >= 15 is 0 Å². The molecule has 1 aliphatic rings. The molecule has 1 N–H and O–H groups in total. The Morgan fingerprint density at radius 1 is 1.15 bits per heavy atom. The first-order valence-corrected chi connectivity index (χ1v) is 8.10. The van der Waals surface area contributed by atoms with Crippen molar-refractivity contribution in [1.29, 1.82) is 0 Å². The smallest absolute Gasteiger partial charge is 0.326 e. The fraction of sp³-hybridized carbons (Fsp3) is 0.500. The number of benzene rings is 1. The quantitative estimate of drug-likeness (QED) is 0.633. The maximum absolute atomic E-state index is 12.9. The molecule has 0 saturated carbocycles. The lowest BCUT2D eigenvalue weighted by Crippen LogP contribution is -2.42. The molecule has 1 fully saturated rings. The van der Waals surface area contributed by atoms with Gasteiger partial charge in [-0.1, -0.05) is 6.07 Å². The summed E-state index contributed by atoms with van der Waals surface area (Å²) in [5.74, 6) is -0.265. The Kier molecular flexibility index (Phi) is 5.16. The van der Waals surface area contributed by atoms with Crippen molar-refractivity contribution in [3.05, 3.63) is 23.8 Å². The second kappa shape index (κ2) is 6.86. The summed E-state index contributed by atoms with van der Waals surface area (Å²) in [5, 5.41) is 2.64. The average Bonchev–Trinajstić information content (AvgIpc) is 2.76. The van der Waals surface area contributed by atoms with Crippen LogP contribution < -0.4 is 14.8 Å². The number of esters is 1. The van der Waals surface area contributed by atoms with Crippen molar-refractivity contribution < 1.29 is 28.6 Å². The van der Waals surface area contributed by atoms with Crippen LogP contribution in [-0.4, -0.2) is 49.2 Å². The molecule has 1 aromatic rings. The molecule has 0 aliphatic carbocycles. The van der Waals surface area contributed by atoms with Crippen LogP contribution in [0.25, 0.3) is 0 Å². The highest BCUT2D eigenvalue weighted by molar-refractivity contribution is 6.08. The molecule has 0 aromatic heterocycles. The fourth-order valence-electron chi connectivity index (χ4n) is 2.69. The van der Waals surface area contributed by atoms with Gasteiger partial charge in [-0.2, -0.15) is 0 Å². The largest absolute Gasteiger partial charge is 0.493 e. The van der Waals surface area contributed by atoms with E-state index in [2.05, 4.69) is 5.32 Å². The summed E-state index contributed by atoms with van der Waals surface area (Å²) in [6.07, 6.45) is 0. The number of hydrogen-bond acceptors (Lipinski definition) is 6. The van der Waals surface area contributed by atoms with Gasteiger partial charge in [0.05, 0.1) is 14.2 Å². The Labute approximate surface area is 152 Å². The first kappa shape index (κ1) is 19.6. The second-order valence-corrected chi connectivity index (χ2v) is 7.10. The summed E-state index contributed by atoms with van der Waals surface area (Å²) in [7, 11) is 2.98. The van der Waals surface area contributed by atoms with Crippen LogP contribution >= 0.6 is 0 Å². The summed E-state index contributed by atoms with van der Waals surface area (Å²) >= 11 is 0. The first-order chi connectivity index (χ1) is 12.0. The maximum atomic E-state index is 12.9. The molecular formula is C18H24N2O6. The molecule has 142 valence electrons. The van der Waals surface area contributed by atoms with Gasteiger partial charge in [0.2, 0.25) is 0 Å². The Balaban J connectivity index is 2.27. The predicted octanol–water partition coefficient (Wildman–Crippen LogP) is 1.81. The van der Waals surface area contributed by atoms with Gasteiger partial charge in [-0.25, -0.2) is 4.79 Å². The molecule has 0 radical (unpaired) electrons. The average molecular weight is 364 g/mol. The number of nitrogens with zero attached hydrogens (tertiary/aromatic N) is 1. The van der Waals surface area contributed by atoms with Crippen LogP contribution in [0.5, 0.6) is 11.5 Å². The third-order valence-corrected chi connectivity index (χ3v) is 3.94. The molecule has 1 heterocycles. The molecule has 8 nitrogen and oxygen atoms in total. The highest BCUT2D eigenvalue weighted by atomic mass is 16.6. The van der Waals surface area contributed by atoms with Crippen LogP contribution in [0.2, 0.25) is 0 Å². The van der Waals surface area contributed by atoms with Gasteiger partial charge in [0.1, 0.15) is 17.7 Å². The molecule has 8 heteroatoms. The lowest BCUT2D eigenvalue weighted by molar-refractivity contribution is -0.157. The summed E-state index contributed by atoms with van der Waals surface area (Å²) in [6, 6.07) is 4.28. The molecule has 3 amide bonds. The van der Waals surface area contributed by atoms with Crippen LogP contribution in [0.1, 0.15) is 33.3 Å². The first-order valence-electron chi connectivity index (χ1n) is 8.10. The zero-order valence-corrected chi connectivity index (χ0v) is 15.8. The van der Waals surface area contributed by atoms with E-state index in [1.165, 1.54) is 14.2 Å². The Bertz CT molecular complexity index is 740. The number of hydrogen-bond donors (Lipinski definition) is 1. The SMILES string of the molecule is COc1ccc(C2(C)NC(=O)N(CC(=O)OC(C)(C)C)C2=O)cc1OC. The van der Waals surface area contributed by atoms with Crippen molar-refractivity contribution in [2.45, 2.75) is 38.8 Å². The Morgan fingerprint density at radius 2 is 1.77 bits per heavy atom.